The largest absolute Gasteiger partial charge is 0.454 e. The molecule has 6 heteroatoms. The lowest BCUT2D eigenvalue weighted by Gasteiger charge is -2.40. The van der Waals surface area contributed by atoms with Gasteiger partial charge in [0.2, 0.25) is 0 Å². The molecular weight excluding hydrogens is 402 g/mol. The van der Waals surface area contributed by atoms with E-state index in [0.717, 1.165) is 34.1 Å². The molecule has 162 valence electrons. The fraction of sp³-hybridized carbons (Fsp3) is 0.231. The Morgan fingerprint density at radius 1 is 0.969 bits per heavy atom. The monoisotopic (exact) mass is 427 g/mol. The van der Waals surface area contributed by atoms with E-state index in [-0.39, 0.29) is 18.7 Å². The maximum Gasteiger partial charge on any atom is 0.410 e. The molecule has 3 aromatic carbocycles. The number of rotatable bonds is 2. The molecule has 5 rings (SSSR count). The van der Waals surface area contributed by atoms with Gasteiger partial charge < -0.3 is 19.3 Å². The topological polar surface area (TPSA) is 54.4 Å². The zero-order valence-corrected chi connectivity index (χ0v) is 18.0. The maximum absolute atomic E-state index is 12.7. The van der Waals surface area contributed by atoms with Gasteiger partial charge >= 0.3 is 6.09 Å². The molecule has 0 bridgehead atoms. The van der Waals surface area contributed by atoms with Crippen molar-refractivity contribution in [3.8, 4) is 11.5 Å². The second kappa shape index (κ2) is 8.75. The van der Waals surface area contributed by atoms with E-state index in [1.807, 2.05) is 85.8 Å². The number of benzene rings is 3. The Morgan fingerprint density at radius 3 is 2.50 bits per heavy atom. The molecular formula is C26H25N3O3. The molecule has 1 unspecified atom stereocenters. The number of para-hydroxylation sites is 3. The van der Waals surface area contributed by atoms with Gasteiger partial charge in [-0.05, 0) is 36.8 Å². The number of carbonyl (C=O) groups is 1. The van der Waals surface area contributed by atoms with Crippen LogP contribution in [0.5, 0.6) is 11.5 Å². The van der Waals surface area contributed by atoms with Crippen molar-refractivity contribution in [1.82, 2.24) is 9.80 Å². The fourth-order valence-corrected chi connectivity index (χ4v) is 4.13. The molecule has 0 aromatic heterocycles. The van der Waals surface area contributed by atoms with Crippen molar-refractivity contribution in [1.29, 1.82) is 0 Å². The second-order valence-corrected chi connectivity index (χ2v) is 8.03. The highest BCUT2D eigenvalue weighted by atomic mass is 16.6. The summed E-state index contributed by atoms with van der Waals surface area (Å²) >= 11 is 0. The van der Waals surface area contributed by atoms with Gasteiger partial charge in [-0.1, -0.05) is 54.6 Å². The summed E-state index contributed by atoms with van der Waals surface area (Å²) in [6.45, 7) is 4.22. The molecule has 1 amide bonds. The van der Waals surface area contributed by atoms with Crippen LogP contribution in [-0.2, 0) is 11.3 Å². The van der Waals surface area contributed by atoms with Gasteiger partial charge in [0.05, 0.1) is 5.56 Å². The average molecular weight is 428 g/mol. The minimum absolute atomic E-state index is 0.0127. The minimum atomic E-state index is -0.280. The molecule has 2 heterocycles. The number of ether oxygens (including phenoxy) is 2. The number of aliphatic imine (C=N–C) groups is 1. The Morgan fingerprint density at radius 2 is 1.69 bits per heavy atom. The van der Waals surface area contributed by atoms with Crippen molar-refractivity contribution in [2.45, 2.75) is 19.6 Å². The lowest BCUT2D eigenvalue weighted by Crippen LogP contribution is -2.55. The summed E-state index contributed by atoms with van der Waals surface area (Å²) in [6.07, 6.45) is -0.280. The third-order valence-corrected chi connectivity index (χ3v) is 5.81. The van der Waals surface area contributed by atoms with Gasteiger partial charge in [0, 0.05) is 25.7 Å². The van der Waals surface area contributed by atoms with E-state index in [4.69, 9.17) is 14.5 Å². The van der Waals surface area contributed by atoms with E-state index in [1.165, 1.54) is 0 Å². The number of carbonyl (C=O) groups excluding carboxylic acids is 1. The third-order valence-electron chi connectivity index (χ3n) is 5.81. The van der Waals surface area contributed by atoms with Crippen LogP contribution in [0.2, 0.25) is 0 Å². The zero-order valence-electron chi connectivity index (χ0n) is 18.0. The van der Waals surface area contributed by atoms with Crippen molar-refractivity contribution in [3.63, 3.8) is 0 Å². The van der Waals surface area contributed by atoms with Crippen molar-refractivity contribution in [2.24, 2.45) is 4.99 Å². The standard InChI is InChI=1S/C26H25N3O3/c1-19-17-28(15-16-29(19)26(30)31-18-20-9-3-2-4-10-20)25-21-11-5-7-13-23(21)32-24-14-8-6-12-22(24)27-25/h2-14,19H,15-18H2,1H3. The Labute approximate surface area is 187 Å². The molecule has 0 spiro atoms. The molecule has 6 nitrogen and oxygen atoms in total. The first-order valence-corrected chi connectivity index (χ1v) is 10.9. The molecule has 0 saturated carbocycles. The lowest BCUT2D eigenvalue weighted by atomic mass is 10.1. The molecule has 2 aliphatic heterocycles. The fourth-order valence-electron chi connectivity index (χ4n) is 4.13. The van der Waals surface area contributed by atoms with Crippen molar-refractivity contribution < 1.29 is 14.3 Å². The summed E-state index contributed by atoms with van der Waals surface area (Å²) in [4.78, 5) is 21.7. The predicted molar refractivity (Wildman–Crippen MR) is 124 cm³/mol. The van der Waals surface area contributed by atoms with E-state index < -0.39 is 0 Å². The number of amidine groups is 1. The first-order chi connectivity index (χ1) is 15.7. The number of amides is 1. The van der Waals surface area contributed by atoms with Gasteiger partial charge in [0.15, 0.2) is 5.75 Å². The van der Waals surface area contributed by atoms with E-state index in [0.29, 0.717) is 19.6 Å². The molecule has 2 aliphatic rings. The van der Waals surface area contributed by atoms with Gasteiger partial charge in [0.25, 0.3) is 0 Å². The smallest absolute Gasteiger partial charge is 0.410 e. The first kappa shape index (κ1) is 20.1. The highest BCUT2D eigenvalue weighted by molar-refractivity contribution is 6.03. The van der Waals surface area contributed by atoms with Gasteiger partial charge in [-0.25, -0.2) is 9.79 Å². The number of fused-ring (bicyclic) bond motifs is 2. The number of hydrogen-bond acceptors (Lipinski definition) is 5. The summed E-state index contributed by atoms with van der Waals surface area (Å²) in [7, 11) is 0. The van der Waals surface area contributed by atoms with Crippen LogP contribution in [0, 0.1) is 0 Å². The van der Waals surface area contributed by atoms with E-state index in [1.54, 1.807) is 4.90 Å². The number of hydrogen-bond donors (Lipinski definition) is 0. The Kier molecular flexibility index (Phi) is 5.50. The van der Waals surface area contributed by atoms with Crippen molar-refractivity contribution >= 4 is 17.6 Å². The van der Waals surface area contributed by atoms with E-state index in [9.17, 15) is 4.79 Å². The van der Waals surface area contributed by atoms with E-state index >= 15 is 0 Å². The van der Waals surface area contributed by atoms with Gasteiger partial charge in [-0.3, -0.25) is 0 Å². The van der Waals surface area contributed by atoms with Crippen LogP contribution in [0.25, 0.3) is 0 Å². The van der Waals surface area contributed by atoms with Crippen LogP contribution in [0.4, 0.5) is 10.5 Å². The molecule has 1 atom stereocenters. The molecule has 3 aromatic rings. The number of piperazine rings is 1. The molecule has 1 fully saturated rings. The van der Waals surface area contributed by atoms with Crippen LogP contribution in [0.3, 0.4) is 0 Å². The van der Waals surface area contributed by atoms with Crippen molar-refractivity contribution in [2.75, 3.05) is 19.6 Å². The predicted octanol–water partition coefficient (Wildman–Crippen LogP) is 5.21. The second-order valence-electron chi connectivity index (χ2n) is 8.03. The normalized spacial score (nSPS) is 17.4. The van der Waals surface area contributed by atoms with Gasteiger partial charge in [0.1, 0.15) is 23.9 Å². The zero-order chi connectivity index (χ0) is 21.9. The van der Waals surface area contributed by atoms with Crippen LogP contribution in [0.15, 0.2) is 83.9 Å². The summed E-state index contributed by atoms with van der Waals surface area (Å²) in [6, 6.07) is 25.5. The lowest BCUT2D eigenvalue weighted by molar-refractivity contribution is 0.0624. The highest BCUT2D eigenvalue weighted by Crippen LogP contribution is 2.38. The molecule has 0 aliphatic carbocycles. The summed E-state index contributed by atoms with van der Waals surface area (Å²) in [5.74, 6) is 2.40. The SMILES string of the molecule is CC1CN(C2=Nc3ccccc3Oc3ccccc32)CCN1C(=O)OCc1ccccc1. The van der Waals surface area contributed by atoms with Crippen LogP contribution in [0.1, 0.15) is 18.1 Å². The Hall–Kier alpha value is -3.80. The van der Waals surface area contributed by atoms with Gasteiger partial charge in [-0.15, -0.1) is 0 Å². The minimum Gasteiger partial charge on any atom is -0.454 e. The van der Waals surface area contributed by atoms with Crippen molar-refractivity contribution in [3.05, 3.63) is 90.0 Å². The van der Waals surface area contributed by atoms with Crippen LogP contribution in [-0.4, -0.2) is 47.4 Å². The first-order valence-electron chi connectivity index (χ1n) is 10.9. The summed E-state index contributed by atoms with van der Waals surface area (Å²) < 4.78 is 11.7. The number of nitrogens with zero attached hydrogens (tertiary/aromatic N) is 3. The summed E-state index contributed by atoms with van der Waals surface area (Å²) in [5, 5.41) is 0. The quantitative estimate of drug-likeness (QED) is 0.563. The highest BCUT2D eigenvalue weighted by Gasteiger charge is 2.32. The Bertz CT molecular complexity index is 1150. The molecule has 1 saturated heterocycles. The third kappa shape index (κ3) is 4.04. The molecule has 0 N–H and O–H groups in total. The van der Waals surface area contributed by atoms with Gasteiger partial charge in [-0.2, -0.15) is 0 Å². The average Bonchev–Trinajstić information content (AvgIpc) is 3.00. The van der Waals surface area contributed by atoms with E-state index in [2.05, 4.69) is 4.90 Å². The van der Waals surface area contributed by atoms with Crippen LogP contribution < -0.4 is 4.74 Å². The molecule has 32 heavy (non-hydrogen) atoms. The summed E-state index contributed by atoms with van der Waals surface area (Å²) in [5.41, 5.74) is 2.74. The maximum atomic E-state index is 12.7. The van der Waals surface area contributed by atoms with Crippen LogP contribution >= 0.6 is 0 Å². The Balaban J connectivity index is 1.33. The molecule has 0 radical (unpaired) electrons.